The predicted octanol–water partition coefficient (Wildman–Crippen LogP) is 4.64. The molecule has 12 rings (SSSR count). The van der Waals surface area contributed by atoms with Gasteiger partial charge in [0, 0.05) is 106 Å². The van der Waals surface area contributed by atoms with Crippen LogP contribution in [-0.2, 0) is 42.6 Å². The molecule has 0 bridgehead atoms. The van der Waals surface area contributed by atoms with E-state index in [1.54, 1.807) is 42.5 Å². The maximum atomic E-state index is 14.0. The number of anilines is 5. The number of aryl methyl sites for hydroxylation is 1. The molecule has 5 amide bonds. The summed E-state index contributed by atoms with van der Waals surface area (Å²) in [7, 11) is 1.69. The van der Waals surface area contributed by atoms with Gasteiger partial charge in [0.2, 0.25) is 11.8 Å². The number of piperazine rings is 1. The van der Waals surface area contributed by atoms with Crippen LogP contribution in [0.2, 0.25) is 0 Å². The summed E-state index contributed by atoms with van der Waals surface area (Å²) >= 11 is 0. The van der Waals surface area contributed by atoms with E-state index >= 15 is 0 Å². The quantitative estimate of drug-likeness (QED) is 0.173. The molecule has 1 saturated carbocycles. The first kappa shape index (κ1) is 45.9. The number of aromatic nitrogens is 4. The number of imide groups is 2. The largest absolute Gasteiger partial charge is 0.392 e. The zero-order valence-electron chi connectivity index (χ0n) is 41.1. The van der Waals surface area contributed by atoms with Crippen LogP contribution in [0.1, 0.15) is 101 Å². The van der Waals surface area contributed by atoms with E-state index in [1.807, 2.05) is 36.5 Å². The molecule has 7 aliphatic rings. The topological polar surface area (TPSA) is 199 Å². The Hall–Kier alpha value is -7.18. The molecule has 72 heavy (non-hydrogen) atoms. The first-order chi connectivity index (χ1) is 34.6. The Bertz CT molecular complexity index is 3190. The Kier molecular flexibility index (Phi) is 10.8. The summed E-state index contributed by atoms with van der Waals surface area (Å²) in [5.74, 6) is -1.18. The molecule has 3 saturated heterocycles. The fourth-order valence-corrected chi connectivity index (χ4v) is 12.9. The highest BCUT2D eigenvalue weighted by Crippen LogP contribution is 2.57. The number of fused-ring (bicyclic) bond motifs is 4. The molecule has 3 N–H and O–H groups in total. The van der Waals surface area contributed by atoms with Crippen molar-refractivity contribution in [1.82, 2.24) is 34.2 Å². The lowest BCUT2D eigenvalue weighted by molar-refractivity contribution is -0.136. The first-order valence-corrected chi connectivity index (χ1v) is 25.3. The lowest BCUT2D eigenvalue weighted by atomic mass is 9.90. The van der Waals surface area contributed by atoms with Crippen molar-refractivity contribution in [1.29, 1.82) is 0 Å². The molecular formula is C54H59N11O7. The van der Waals surface area contributed by atoms with Crippen molar-refractivity contribution in [2.24, 2.45) is 17.9 Å². The van der Waals surface area contributed by atoms with Crippen molar-refractivity contribution in [2.45, 2.75) is 97.0 Å². The minimum absolute atomic E-state index is 0.0840. The molecule has 2 aliphatic carbocycles. The number of hydrogen-bond donors (Lipinski definition) is 3. The monoisotopic (exact) mass is 973 g/mol. The van der Waals surface area contributed by atoms with Crippen LogP contribution in [0, 0.1) is 10.8 Å². The number of nitrogens with zero attached hydrogens (tertiary/aromatic N) is 9. The molecule has 18 heteroatoms. The van der Waals surface area contributed by atoms with E-state index in [-0.39, 0.29) is 47.8 Å². The van der Waals surface area contributed by atoms with Crippen LogP contribution in [0.25, 0.3) is 11.1 Å². The number of carbonyl (C=O) groups is 5. The van der Waals surface area contributed by atoms with Crippen molar-refractivity contribution in [3.63, 3.8) is 0 Å². The second-order valence-corrected chi connectivity index (χ2v) is 21.8. The summed E-state index contributed by atoms with van der Waals surface area (Å²) in [5.41, 5.74) is 8.03. The van der Waals surface area contributed by atoms with Crippen molar-refractivity contribution in [2.75, 3.05) is 59.3 Å². The number of hydrogen-bond acceptors (Lipinski definition) is 13. The van der Waals surface area contributed by atoms with E-state index in [0.29, 0.717) is 70.0 Å². The second kappa shape index (κ2) is 17.0. The average molecular weight is 974 g/mol. The lowest BCUT2D eigenvalue weighted by Crippen LogP contribution is -2.54. The van der Waals surface area contributed by atoms with Crippen LogP contribution in [0.5, 0.6) is 0 Å². The minimum atomic E-state index is -0.985. The third-order valence-electron chi connectivity index (χ3n) is 16.7. The van der Waals surface area contributed by atoms with E-state index in [1.165, 1.54) is 15.8 Å². The Labute approximate surface area is 416 Å². The average Bonchev–Trinajstić information content (AvgIpc) is 3.70. The molecule has 5 aromatic rings. The number of amides is 5. The first-order valence-electron chi connectivity index (χ1n) is 25.3. The van der Waals surface area contributed by atoms with Gasteiger partial charge in [-0.2, -0.15) is 0 Å². The van der Waals surface area contributed by atoms with Gasteiger partial charge in [-0.1, -0.05) is 13.8 Å². The van der Waals surface area contributed by atoms with Gasteiger partial charge < -0.3 is 29.4 Å². The summed E-state index contributed by atoms with van der Waals surface area (Å²) in [5, 5.41) is 16.3. The van der Waals surface area contributed by atoms with Crippen molar-refractivity contribution in [3.8, 4) is 11.1 Å². The number of benzene rings is 1. The van der Waals surface area contributed by atoms with E-state index in [9.17, 15) is 33.9 Å². The predicted molar refractivity (Wildman–Crippen MR) is 269 cm³/mol. The van der Waals surface area contributed by atoms with Gasteiger partial charge in [-0.25, -0.2) is 9.97 Å². The summed E-state index contributed by atoms with van der Waals surface area (Å²) in [6.45, 7) is 11.9. The van der Waals surface area contributed by atoms with Crippen molar-refractivity contribution < 1.29 is 29.1 Å². The Morgan fingerprint density at radius 1 is 0.833 bits per heavy atom. The summed E-state index contributed by atoms with van der Waals surface area (Å²) in [6, 6.07) is 14.7. The number of rotatable bonds is 9. The van der Waals surface area contributed by atoms with Crippen LogP contribution >= 0.6 is 0 Å². The molecule has 1 spiro atoms. The number of aliphatic hydroxyl groups excluding tert-OH is 1. The normalized spacial score (nSPS) is 23.4. The van der Waals surface area contributed by atoms with Crippen molar-refractivity contribution >= 4 is 58.2 Å². The van der Waals surface area contributed by atoms with Crippen LogP contribution in [0.15, 0.2) is 71.9 Å². The molecule has 372 valence electrons. The third kappa shape index (κ3) is 7.59. The van der Waals surface area contributed by atoms with Gasteiger partial charge in [-0.15, -0.1) is 0 Å². The summed E-state index contributed by atoms with van der Waals surface area (Å²) in [6.07, 6.45) is 10.5. The molecule has 4 fully saturated rings. The Morgan fingerprint density at radius 3 is 2.38 bits per heavy atom. The fraction of sp³-hybridized carbons (Fsp3) is 0.444. The number of piperidine rings is 2. The van der Waals surface area contributed by atoms with Gasteiger partial charge in [-0.3, -0.25) is 48.8 Å². The smallest absolute Gasteiger partial charge is 0.276 e. The van der Waals surface area contributed by atoms with E-state index in [4.69, 9.17) is 4.98 Å². The van der Waals surface area contributed by atoms with Gasteiger partial charge in [-0.05, 0) is 116 Å². The third-order valence-corrected chi connectivity index (χ3v) is 16.7. The standard InChI is InChI=1S/C54H59N11O7/c1-31-28-61(44-26-54(44)12-15-60(16-13-54)34-5-7-37-38(23-34)50(70)65(49(37)69)41-8-10-46(67)58-48(41)68)17-18-62(31)35-6-9-45(56-27-35)57-40-21-33(29-59(4)51(40)71)36-11-14-55-47(39(36)30-66)64-20-19-63-42(52(64)72)22-32-24-53(2,3)25-43(32)63/h5-7,9,11,14,21-23,27,29,31,41,44,66H,8,10,12-13,15-20,24-26,28,30H2,1-4H3,(H,56,57)(H,58,67,68)/t31-,41?,44-/m0/s1. The second-order valence-electron chi connectivity index (χ2n) is 21.8. The Balaban J connectivity index is 0.672. The van der Waals surface area contributed by atoms with Crippen LogP contribution in [-0.4, -0.2) is 121 Å². The zero-order valence-corrected chi connectivity index (χ0v) is 41.1. The molecule has 3 atom stereocenters. The maximum absolute atomic E-state index is 14.0. The molecule has 1 aromatic carbocycles. The minimum Gasteiger partial charge on any atom is -0.392 e. The number of carbonyl (C=O) groups excluding carboxylic acids is 5. The van der Waals surface area contributed by atoms with Crippen LogP contribution in [0.4, 0.5) is 28.7 Å². The van der Waals surface area contributed by atoms with Gasteiger partial charge in [0.1, 0.15) is 29.1 Å². The molecule has 18 nitrogen and oxygen atoms in total. The lowest BCUT2D eigenvalue weighted by Gasteiger charge is -2.43. The molecule has 5 aliphatic heterocycles. The molecule has 9 heterocycles. The van der Waals surface area contributed by atoms with Gasteiger partial charge in [0.25, 0.3) is 23.3 Å². The zero-order chi connectivity index (χ0) is 50.0. The molecule has 1 unspecified atom stereocenters. The highest BCUT2D eigenvalue weighted by molar-refractivity contribution is 6.23. The van der Waals surface area contributed by atoms with Gasteiger partial charge >= 0.3 is 0 Å². The van der Waals surface area contributed by atoms with Crippen LogP contribution in [0.3, 0.4) is 0 Å². The van der Waals surface area contributed by atoms with Crippen LogP contribution < -0.4 is 30.9 Å². The SMILES string of the molecule is C[C@H]1CN([C@H]2CC23CCN(c2ccc4c(c2)C(=O)N(C2CCC(=O)NC2=O)C4=O)CC3)CCN1c1ccc(Nc2cc(-c3ccnc(N4CCn5c(cc6c5CC(C)(C)C6)C4=O)c3CO)cn(C)c2=O)nc1. The summed E-state index contributed by atoms with van der Waals surface area (Å²) in [4.78, 5) is 98.0. The van der Waals surface area contributed by atoms with Gasteiger partial charge in [0.05, 0.1) is 29.6 Å². The fourth-order valence-electron chi connectivity index (χ4n) is 12.9. The number of nitrogens with one attached hydrogen (secondary N) is 2. The van der Waals surface area contributed by atoms with Gasteiger partial charge in [0.15, 0.2) is 0 Å². The highest BCUT2D eigenvalue weighted by atomic mass is 16.3. The number of pyridine rings is 3. The van der Waals surface area contributed by atoms with Crippen molar-refractivity contribution in [3.05, 3.63) is 111 Å². The maximum Gasteiger partial charge on any atom is 0.276 e. The van der Waals surface area contributed by atoms with E-state index in [2.05, 4.69) is 55.7 Å². The molecule has 0 radical (unpaired) electrons. The number of aliphatic hydroxyl groups is 1. The van der Waals surface area contributed by atoms with E-state index in [0.717, 1.165) is 81.1 Å². The Morgan fingerprint density at radius 2 is 1.62 bits per heavy atom. The summed E-state index contributed by atoms with van der Waals surface area (Å²) < 4.78 is 3.67. The highest BCUT2D eigenvalue weighted by Gasteiger charge is 2.58. The molecule has 4 aromatic heterocycles. The van der Waals surface area contributed by atoms with E-state index < -0.39 is 29.7 Å². The molecular weight excluding hydrogens is 915 g/mol.